The molecule has 0 aromatic heterocycles. The van der Waals surface area contributed by atoms with Gasteiger partial charge in [-0.3, -0.25) is 0 Å². The highest BCUT2D eigenvalue weighted by Gasteiger charge is 2.35. The van der Waals surface area contributed by atoms with Crippen LogP contribution in [0.3, 0.4) is 0 Å². The molecule has 0 aliphatic heterocycles. The van der Waals surface area contributed by atoms with Crippen LogP contribution in [-0.4, -0.2) is 10.7 Å². The van der Waals surface area contributed by atoms with Crippen molar-refractivity contribution in [1.29, 1.82) is 0 Å². The van der Waals surface area contributed by atoms with Gasteiger partial charge in [0.1, 0.15) is 0 Å². The fraction of sp³-hybridized carbons (Fsp3) is 0.684. The second kappa shape index (κ2) is 5.52. The summed E-state index contributed by atoms with van der Waals surface area (Å²) >= 11 is 0. The molecule has 1 saturated carbocycles. The third kappa shape index (κ3) is 2.93. The second-order valence-corrected chi connectivity index (χ2v) is 7.46. The highest BCUT2D eigenvalue weighted by molar-refractivity contribution is 5.35. The summed E-state index contributed by atoms with van der Waals surface area (Å²) in [5, 5.41) is 11.0. The fourth-order valence-corrected chi connectivity index (χ4v) is 4.23. The van der Waals surface area contributed by atoms with Crippen molar-refractivity contribution in [2.24, 2.45) is 11.8 Å². The minimum absolute atomic E-state index is 0.458. The van der Waals surface area contributed by atoms with Gasteiger partial charge < -0.3 is 5.11 Å². The van der Waals surface area contributed by atoms with E-state index in [9.17, 15) is 5.11 Å². The first-order chi connectivity index (χ1) is 9.56. The average molecular weight is 272 g/mol. The van der Waals surface area contributed by atoms with E-state index < -0.39 is 5.60 Å². The summed E-state index contributed by atoms with van der Waals surface area (Å²) in [7, 11) is 0. The Hall–Kier alpha value is -0.820. The van der Waals surface area contributed by atoms with Crippen molar-refractivity contribution < 1.29 is 5.11 Å². The quantitative estimate of drug-likeness (QED) is 0.870. The Kier molecular flexibility index (Phi) is 3.90. The maximum Gasteiger partial charge on any atom is 0.0690 e. The minimum atomic E-state index is -0.458. The van der Waals surface area contributed by atoms with Gasteiger partial charge in [0.25, 0.3) is 0 Å². The predicted octanol–water partition coefficient (Wildman–Crippen LogP) is 4.30. The first kappa shape index (κ1) is 14.1. The number of aryl methyl sites for hydroxylation is 2. The molecule has 0 bridgehead atoms. The lowest BCUT2D eigenvalue weighted by Crippen LogP contribution is -2.38. The van der Waals surface area contributed by atoms with E-state index in [1.807, 2.05) is 0 Å². The molecule has 2 atom stereocenters. The maximum atomic E-state index is 11.0. The summed E-state index contributed by atoms with van der Waals surface area (Å²) in [6, 6.07) is 6.91. The molecule has 1 heteroatoms. The van der Waals surface area contributed by atoms with Crippen LogP contribution in [0.25, 0.3) is 0 Å². The highest BCUT2D eigenvalue weighted by Crippen LogP contribution is 2.38. The molecular formula is C19H28O. The molecule has 2 aliphatic rings. The van der Waals surface area contributed by atoms with Crippen molar-refractivity contribution in [3.8, 4) is 0 Å². The van der Waals surface area contributed by atoms with Gasteiger partial charge in [-0.05, 0) is 67.1 Å². The molecule has 2 unspecified atom stereocenters. The molecule has 1 aromatic rings. The molecule has 0 radical (unpaired) electrons. The third-order valence-electron chi connectivity index (χ3n) is 5.50. The molecular weight excluding hydrogens is 244 g/mol. The van der Waals surface area contributed by atoms with E-state index >= 15 is 0 Å². The summed E-state index contributed by atoms with van der Waals surface area (Å²) in [6.45, 7) is 4.59. The van der Waals surface area contributed by atoms with E-state index in [4.69, 9.17) is 0 Å². The molecule has 0 spiro atoms. The Balaban J connectivity index is 1.72. The van der Waals surface area contributed by atoms with Crippen LogP contribution in [0.2, 0.25) is 0 Å². The zero-order chi connectivity index (χ0) is 14.2. The number of fused-ring (bicyclic) bond motifs is 1. The summed E-state index contributed by atoms with van der Waals surface area (Å²) < 4.78 is 0. The summed E-state index contributed by atoms with van der Waals surface area (Å²) in [5.74, 6) is 1.39. The van der Waals surface area contributed by atoms with E-state index in [0.717, 1.165) is 19.3 Å². The number of rotatable bonds is 3. The van der Waals surface area contributed by atoms with Crippen LogP contribution in [0.4, 0.5) is 0 Å². The van der Waals surface area contributed by atoms with Crippen molar-refractivity contribution >= 4 is 0 Å². The lowest BCUT2D eigenvalue weighted by molar-refractivity contribution is -0.0239. The van der Waals surface area contributed by atoms with Crippen LogP contribution in [0, 0.1) is 11.8 Å². The Labute approximate surface area is 123 Å². The molecule has 1 N–H and O–H groups in total. The highest BCUT2D eigenvalue weighted by atomic mass is 16.3. The van der Waals surface area contributed by atoms with Crippen LogP contribution in [0.15, 0.2) is 18.2 Å². The monoisotopic (exact) mass is 272 g/mol. The third-order valence-corrected chi connectivity index (χ3v) is 5.50. The molecule has 3 rings (SSSR count). The lowest BCUT2D eigenvalue weighted by Gasteiger charge is -2.38. The number of hydrogen-bond acceptors (Lipinski definition) is 1. The number of benzene rings is 1. The Morgan fingerprint density at radius 1 is 1.20 bits per heavy atom. The zero-order valence-corrected chi connectivity index (χ0v) is 13.0. The Bertz CT molecular complexity index is 477. The van der Waals surface area contributed by atoms with Gasteiger partial charge in [-0.25, -0.2) is 0 Å². The van der Waals surface area contributed by atoms with Gasteiger partial charge in [-0.1, -0.05) is 38.5 Å². The van der Waals surface area contributed by atoms with Crippen LogP contribution < -0.4 is 0 Å². The zero-order valence-electron chi connectivity index (χ0n) is 13.0. The lowest BCUT2D eigenvalue weighted by atomic mass is 9.71. The maximum absolute atomic E-state index is 11.0. The number of aliphatic hydroxyl groups is 1. The molecule has 0 amide bonds. The molecule has 20 heavy (non-hydrogen) atoms. The first-order valence-electron chi connectivity index (χ1n) is 8.39. The van der Waals surface area contributed by atoms with E-state index in [-0.39, 0.29) is 0 Å². The van der Waals surface area contributed by atoms with Gasteiger partial charge in [-0.2, -0.15) is 0 Å². The van der Waals surface area contributed by atoms with E-state index in [1.165, 1.54) is 48.8 Å². The predicted molar refractivity (Wildman–Crippen MR) is 83.9 cm³/mol. The summed E-state index contributed by atoms with van der Waals surface area (Å²) in [4.78, 5) is 0. The molecule has 1 fully saturated rings. The van der Waals surface area contributed by atoms with E-state index in [0.29, 0.717) is 11.8 Å². The molecule has 0 heterocycles. The van der Waals surface area contributed by atoms with Gasteiger partial charge in [0, 0.05) is 6.42 Å². The van der Waals surface area contributed by atoms with Crippen molar-refractivity contribution in [2.75, 3.05) is 0 Å². The fourth-order valence-electron chi connectivity index (χ4n) is 4.23. The average Bonchev–Trinajstić information content (AvgIpc) is 2.85. The largest absolute Gasteiger partial charge is 0.390 e. The van der Waals surface area contributed by atoms with Crippen molar-refractivity contribution in [3.63, 3.8) is 0 Å². The summed E-state index contributed by atoms with van der Waals surface area (Å²) in [6.07, 6.45) is 9.08. The first-order valence-corrected chi connectivity index (χ1v) is 8.39. The van der Waals surface area contributed by atoms with Crippen molar-refractivity contribution in [3.05, 3.63) is 34.9 Å². The molecule has 2 aliphatic carbocycles. The van der Waals surface area contributed by atoms with E-state index in [1.54, 1.807) is 0 Å². The summed E-state index contributed by atoms with van der Waals surface area (Å²) in [5.41, 5.74) is 3.95. The minimum Gasteiger partial charge on any atom is -0.390 e. The normalized spacial score (nSPS) is 29.7. The molecule has 1 aromatic carbocycles. The smallest absolute Gasteiger partial charge is 0.0690 e. The topological polar surface area (TPSA) is 20.2 Å². The van der Waals surface area contributed by atoms with Gasteiger partial charge in [0.2, 0.25) is 0 Å². The Morgan fingerprint density at radius 3 is 2.80 bits per heavy atom. The van der Waals surface area contributed by atoms with Gasteiger partial charge >= 0.3 is 0 Å². The Morgan fingerprint density at radius 2 is 2.00 bits per heavy atom. The molecule has 110 valence electrons. The van der Waals surface area contributed by atoms with Gasteiger partial charge in [-0.15, -0.1) is 0 Å². The molecule has 1 nitrogen and oxygen atoms in total. The van der Waals surface area contributed by atoms with Crippen molar-refractivity contribution in [1.82, 2.24) is 0 Å². The molecule has 0 saturated heterocycles. The van der Waals surface area contributed by atoms with E-state index in [2.05, 4.69) is 32.0 Å². The van der Waals surface area contributed by atoms with Crippen LogP contribution >= 0.6 is 0 Å². The standard InChI is InChI=1S/C19H28O/c1-14(2)18-7-4-10-19(20,13-18)12-15-8-9-16-5-3-6-17(16)11-15/h8-9,11,14,18,20H,3-7,10,12-13H2,1-2H3. The van der Waals surface area contributed by atoms with Gasteiger partial charge in [0.05, 0.1) is 5.60 Å². The van der Waals surface area contributed by atoms with Crippen LogP contribution in [0.5, 0.6) is 0 Å². The van der Waals surface area contributed by atoms with Gasteiger partial charge in [0.15, 0.2) is 0 Å². The van der Waals surface area contributed by atoms with Crippen LogP contribution in [0.1, 0.15) is 62.6 Å². The van der Waals surface area contributed by atoms with Crippen LogP contribution in [-0.2, 0) is 19.3 Å². The SMILES string of the molecule is CC(C)C1CCCC(O)(Cc2ccc3c(c2)CCC3)C1. The second-order valence-electron chi connectivity index (χ2n) is 7.46. The number of hydrogen-bond donors (Lipinski definition) is 1. The van der Waals surface area contributed by atoms with Crippen molar-refractivity contribution in [2.45, 2.75) is 70.8 Å².